The lowest BCUT2D eigenvalue weighted by molar-refractivity contribution is 0.225. The highest BCUT2D eigenvalue weighted by molar-refractivity contribution is 6.06. The molecule has 0 spiro atoms. The van der Waals surface area contributed by atoms with Crippen LogP contribution in [0.2, 0.25) is 0 Å². The lowest BCUT2D eigenvalue weighted by Crippen LogP contribution is -2.13. The maximum absolute atomic E-state index is 7.15. The van der Waals surface area contributed by atoms with E-state index in [0.717, 1.165) is 78.0 Å². The topological polar surface area (TPSA) is 66.0 Å². The largest absolute Gasteiger partial charge is 0.484 e. The van der Waals surface area contributed by atoms with Crippen LogP contribution in [0.5, 0.6) is 5.75 Å². The van der Waals surface area contributed by atoms with E-state index in [1.165, 1.54) is 10.9 Å². The highest BCUT2D eigenvalue weighted by Crippen LogP contribution is 2.55. The summed E-state index contributed by atoms with van der Waals surface area (Å²) in [5.41, 5.74) is 12.3. The molecule has 1 aliphatic heterocycles. The van der Waals surface area contributed by atoms with Crippen molar-refractivity contribution < 1.29 is 9.15 Å². The first-order valence-electron chi connectivity index (χ1n) is 19.3. The molecule has 6 nitrogen and oxygen atoms in total. The minimum Gasteiger partial charge on any atom is -0.484 e. The number of aromatic nitrogens is 4. The van der Waals surface area contributed by atoms with Crippen LogP contribution >= 0.6 is 0 Å². The zero-order valence-corrected chi connectivity index (χ0v) is 30.6. The van der Waals surface area contributed by atoms with Crippen molar-refractivity contribution in [1.82, 2.24) is 19.5 Å². The van der Waals surface area contributed by atoms with Crippen molar-refractivity contribution >= 4 is 38.9 Å². The van der Waals surface area contributed by atoms with E-state index < -0.39 is 0 Å². The van der Waals surface area contributed by atoms with E-state index in [-0.39, 0.29) is 12.0 Å². The molecule has 0 saturated heterocycles. The Morgan fingerprint density at radius 1 is 0.491 bits per heavy atom. The molecule has 6 heteroatoms. The van der Waals surface area contributed by atoms with Gasteiger partial charge in [-0.25, -0.2) is 15.0 Å². The second kappa shape index (κ2) is 12.5. The maximum atomic E-state index is 7.15. The van der Waals surface area contributed by atoms with E-state index in [4.69, 9.17) is 24.1 Å². The Kier molecular flexibility index (Phi) is 6.95. The van der Waals surface area contributed by atoms with Gasteiger partial charge in [0.05, 0.1) is 16.8 Å². The lowest BCUT2D eigenvalue weighted by Gasteiger charge is -2.22. The third-order valence-electron chi connectivity index (χ3n) is 11.4. The number of hydrogen-bond donors (Lipinski definition) is 0. The summed E-state index contributed by atoms with van der Waals surface area (Å²) in [7, 11) is 0. The first-order chi connectivity index (χ1) is 28.2. The van der Waals surface area contributed by atoms with Crippen LogP contribution in [-0.2, 0) is 0 Å². The quantitative estimate of drug-likeness (QED) is 0.176. The molecule has 4 heterocycles. The Morgan fingerprint density at radius 2 is 1.14 bits per heavy atom. The Bertz CT molecular complexity index is 3220. The molecule has 2 aliphatic rings. The van der Waals surface area contributed by atoms with Crippen LogP contribution in [0.25, 0.3) is 89.9 Å². The molecule has 12 rings (SSSR count). The Balaban J connectivity index is 1.01. The molecule has 57 heavy (non-hydrogen) atoms. The molecule has 2 unspecified atom stereocenters. The predicted octanol–water partition coefficient (Wildman–Crippen LogP) is 12.6. The Morgan fingerprint density at radius 3 is 1.98 bits per heavy atom. The molecule has 10 aromatic rings. The molecule has 1 aliphatic carbocycles. The molecule has 0 saturated carbocycles. The fraction of sp³-hybridized carbons (Fsp3) is 0.0392. The van der Waals surface area contributed by atoms with Gasteiger partial charge in [0.25, 0.3) is 0 Å². The van der Waals surface area contributed by atoms with Crippen LogP contribution < -0.4 is 4.74 Å². The molecular formula is C51H32N4O2. The van der Waals surface area contributed by atoms with Crippen LogP contribution in [0.15, 0.2) is 180 Å². The summed E-state index contributed by atoms with van der Waals surface area (Å²) < 4.78 is 15.7. The molecule has 0 bridgehead atoms. The molecule has 0 N–H and O–H groups in total. The standard InChI is InChI=1S/C51H32N4O2/c1-3-12-31(13-4-1)32-22-24-33(25-23-32)49-52-50(34-26-29-45-41(30-34)36-16-8-10-21-44(36)56-45)54-51(53-49)40-19-11-18-37-38-27-28-43-46(48(38)57-47(37)40)39-17-7-9-20-42(39)55(43)35-14-5-2-6-15-35/h1-30,38,48H. The number of nitrogens with zero attached hydrogens (tertiary/aromatic N) is 4. The predicted molar refractivity (Wildman–Crippen MR) is 227 cm³/mol. The van der Waals surface area contributed by atoms with Gasteiger partial charge in [0.1, 0.15) is 23.0 Å². The summed E-state index contributed by atoms with van der Waals surface area (Å²) in [6.45, 7) is 0. The zero-order chi connectivity index (χ0) is 37.5. The van der Waals surface area contributed by atoms with E-state index in [1.807, 2.05) is 36.4 Å². The minimum atomic E-state index is -0.209. The van der Waals surface area contributed by atoms with Crippen molar-refractivity contribution in [3.05, 3.63) is 193 Å². The van der Waals surface area contributed by atoms with Crippen molar-refractivity contribution in [2.45, 2.75) is 12.0 Å². The summed E-state index contributed by atoms with van der Waals surface area (Å²) in [6, 6.07) is 58.6. The van der Waals surface area contributed by atoms with Gasteiger partial charge in [-0.15, -0.1) is 0 Å². The van der Waals surface area contributed by atoms with Crippen LogP contribution in [0.1, 0.15) is 28.8 Å². The van der Waals surface area contributed by atoms with Gasteiger partial charge in [0.2, 0.25) is 0 Å². The summed E-state index contributed by atoms with van der Waals surface area (Å²) in [5.74, 6) is 2.57. The third kappa shape index (κ3) is 5.00. The third-order valence-corrected chi connectivity index (χ3v) is 11.4. The Labute approximate surface area is 328 Å². The highest BCUT2D eigenvalue weighted by atomic mass is 16.5. The summed E-state index contributed by atoms with van der Waals surface area (Å²) in [6.07, 6.45) is 4.35. The van der Waals surface area contributed by atoms with Crippen molar-refractivity contribution in [3.8, 4) is 56.7 Å². The molecule has 0 fully saturated rings. The van der Waals surface area contributed by atoms with Gasteiger partial charge in [-0.1, -0.05) is 127 Å². The number of benzene rings is 7. The first kappa shape index (κ1) is 31.7. The molecule has 2 atom stereocenters. The second-order valence-corrected chi connectivity index (χ2v) is 14.7. The number of fused-ring (bicyclic) bond motifs is 10. The smallest absolute Gasteiger partial charge is 0.167 e. The molecule has 7 aromatic carbocycles. The average molecular weight is 733 g/mol. The zero-order valence-electron chi connectivity index (χ0n) is 30.6. The van der Waals surface area contributed by atoms with E-state index in [9.17, 15) is 0 Å². The van der Waals surface area contributed by atoms with Crippen LogP contribution in [0.4, 0.5) is 0 Å². The fourth-order valence-corrected chi connectivity index (χ4v) is 8.79. The number of ether oxygens (including phenoxy) is 1. The van der Waals surface area contributed by atoms with Crippen LogP contribution in [-0.4, -0.2) is 19.5 Å². The van der Waals surface area contributed by atoms with Crippen molar-refractivity contribution in [1.29, 1.82) is 0 Å². The van der Waals surface area contributed by atoms with Crippen molar-refractivity contribution in [2.24, 2.45) is 0 Å². The molecule has 0 amide bonds. The number of hydrogen-bond acceptors (Lipinski definition) is 5. The normalized spacial score (nSPS) is 15.4. The van der Waals surface area contributed by atoms with Crippen molar-refractivity contribution in [3.63, 3.8) is 0 Å². The summed E-state index contributed by atoms with van der Waals surface area (Å²) >= 11 is 0. The monoisotopic (exact) mass is 732 g/mol. The summed E-state index contributed by atoms with van der Waals surface area (Å²) in [4.78, 5) is 15.5. The SMILES string of the molecule is C1=CC2c3cccc(-c4nc(-c5ccc(-c6ccccc6)cc5)nc(-c5ccc6oc7ccccc7c6c5)n4)c3OC2c2c1n(-c1ccccc1)c1ccccc21. The lowest BCUT2D eigenvalue weighted by atomic mass is 9.85. The number of para-hydroxylation sites is 4. The van der Waals surface area contributed by atoms with E-state index in [2.05, 4.69) is 150 Å². The van der Waals surface area contributed by atoms with Crippen LogP contribution in [0, 0.1) is 0 Å². The number of rotatable bonds is 5. The molecule has 268 valence electrons. The van der Waals surface area contributed by atoms with Gasteiger partial charge in [-0.05, 0) is 65.7 Å². The molecule has 3 aromatic heterocycles. The minimum absolute atomic E-state index is 0.0329. The number of furan rings is 1. The van der Waals surface area contributed by atoms with Crippen molar-refractivity contribution in [2.75, 3.05) is 0 Å². The second-order valence-electron chi connectivity index (χ2n) is 14.7. The van der Waals surface area contributed by atoms with E-state index >= 15 is 0 Å². The van der Waals surface area contributed by atoms with Gasteiger partial charge >= 0.3 is 0 Å². The van der Waals surface area contributed by atoms with Gasteiger partial charge in [0, 0.05) is 50.0 Å². The maximum Gasteiger partial charge on any atom is 0.167 e. The van der Waals surface area contributed by atoms with E-state index in [1.54, 1.807) is 0 Å². The van der Waals surface area contributed by atoms with Gasteiger partial charge in [-0.2, -0.15) is 0 Å². The summed E-state index contributed by atoms with van der Waals surface area (Å²) in [5, 5.41) is 3.26. The van der Waals surface area contributed by atoms with Gasteiger partial charge in [0.15, 0.2) is 17.5 Å². The van der Waals surface area contributed by atoms with Gasteiger partial charge in [-0.3, -0.25) is 0 Å². The highest BCUT2D eigenvalue weighted by Gasteiger charge is 2.41. The van der Waals surface area contributed by atoms with Gasteiger partial charge < -0.3 is 13.7 Å². The molecule has 0 radical (unpaired) electrons. The first-order valence-corrected chi connectivity index (χ1v) is 19.3. The van der Waals surface area contributed by atoms with Crippen LogP contribution in [0.3, 0.4) is 0 Å². The Hall–Kier alpha value is -7.57. The van der Waals surface area contributed by atoms with E-state index in [0.29, 0.717) is 17.5 Å². The fourth-order valence-electron chi connectivity index (χ4n) is 8.79. The average Bonchev–Trinajstić information content (AvgIpc) is 3.96. The molecular weight excluding hydrogens is 701 g/mol.